The van der Waals surface area contributed by atoms with Gasteiger partial charge in [0.05, 0.1) is 17.7 Å². The van der Waals surface area contributed by atoms with Crippen molar-refractivity contribution in [2.45, 2.75) is 44.2 Å². The van der Waals surface area contributed by atoms with Gasteiger partial charge in [0.2, 0.25) is 0 Å². The number of carbonyl (C=O) groups is 1. The standard InChI is InChI=1S/C21H23O4P/c1-14-18(19(24-20(14)22)21(3)15(2)25-21)26(23,16-10-6-4-7-11-16)17-12-8-5-9-13-17/h4-15,18-19H,1-3H3/t14-,15-,18-,19+,21+/m1/s1. The highest BCUT2D eigenvalue weighted by atomic mass is 31.2. The number of benzene rings is 2. The molecule has 5 atom stereocenters. The van der Waals surface area contributed by atoms with Crippen molar-refractivity contribution < 1.29 is 18.8 Å². The van der Waals surface area contributed by atoms with Gasteiger partial charge in [-0.25, -0.2) is 0 Å². The Balaban J connectivity index is 1.91. The minimum absolute atomic E-state index is 0.0203. The highest BCUT2D eigenvalue weighted by molar-refractivity contribution is 7.79. The Bertz CT molecular complexity index is 823. The molecule has 0 spiro atoms. The fraction of sp³-hybridized carbons (Fsp3) is 0.381. The minimum atomic E-state index is -3.13. The zero-order valence-corrected chi connectivity index (χ0v) is 16.1. The predicted molar refractivity (Wildman–Crippen MR) is 102 cm³/mol. The van der Waals surface area contributed by atoms with Crippen LogP contribution in [0, 0.1) is 5.92 Å². The van der Waals surface area contributed by atoms with Gasteiger partial charge in [0.25, 0.3) is 0 Å². The molecule has 4 rings (SSSR count). The Labute approximate surface area is 153 Å². The third-order valence-corrected chi connectivity index (χ3v) is 9.57. The molecule has 2 saturated heterocycles. The number of ether oxygens (including phenoxy) is 2. The van der Waals surface area contributed by atoms with Crippen LogP contribution in [0.15, 0.2) is 60.7 Å². The molecule has 0 amide bonds. The number of rotatable bonds is 4. The van der Waals surface area contributed by atoms with Gasteiger partial charge in [-0.2, -0.15) is 0 Å². The predicted octanol–water partition coefficient (Wildman–Crippen LogP) is 3.11. The zero-order valence-electron chi connectivity index (χ0n) is 15.2. The summed E-state index contributed by atoms with van der Waals surface area (Å²) < 4.78 is 26.2. The molecule has 4 nitrogen and oxygen atoms in total. The zero-order chi connectivity index (χ0) is 18.5. The van der Waals surface area contributed by atoms with E-state index < -0.39 is 30.4 Å². The van der Waals surface area contributed by atoms with Gasteiger partial charge in [0, 0.05) is 10.6 Å². The van der Waals surface area contributed by atoms with Crippen LogP contribution in [0.4, 0.5) is 0 Å². The van der Waals surface area contributed by atoms with Crippen molar-refractivity contribution >= 4 is 23.7 Å². The Morgan fingerprint density at radius 1 is 0.923 bits per heavy atom. The lowest BCUT2D eigenvalue weighted by molar-refractivity contribution is -0.145. The quantitative estimate of drug-likeness (QED) is 0.471. The summed E-state index contributed by atoms with van der Waals surface area (Å²) in [5, 5.41) is 1.51. The van der Waals surface area contributed by atoms with Crippen LogP contribution in [0.25, 0.3) is 0 Å². The Kier molecular flexibility index (Phi) is 4.09. The summed E-state index contributed by atoms with van der Waals surface area (Å²) >= 11 is 0. The van der Waals surface area contributed by atoms with Crippen LogP contribution >= 0.6 is 7.14 Å². The van der Waals surface area contributed by atoms with E-state index in [0.717, 1.165) is 10.6 Å². The van der Waals surface area contributed by atoms with Crippen molar-refractivity contribution in [3.8, 4) is 0 Å². The van der Waals surface area contributed by atoms with E-state index >= 15 is 0 Å². The third kappa shape index (κ3) is 2.47. The van der Waals surface area contributed by atoms with Crippen LogP contribution in [0.2, 0.25) is 0 Å². The largest absolute Gasteiger partial charge is 0.458 e. The summed E-state index contributed by atoms with van der Waals surface area (Å²) in [4.78, 5) is 12.5. The summed E-state index contributed by atoms with van der Waals surface area (Å²) in [5.74, 6) is -0.754. The number of carbonyl (C=O) groups excluding carboxylic acids is 1. The van der Waals surface area contributed by atoms with Gasteiger partial charge in [0.15, 0.2) is 7.14 Å². The van der Waals surface area contributed by atoms with Crippen molar-refractivity contribution in [1.29, 1.82) is 0 Å². The van der Waals surface area contributed by atoms with E-state index in [-0.39, 0.29) is 12.1 Å². The molecule has 0 aliphatic carbocycles. The number of hydrogen-bond acceptors (Lipinski definition) is 4. The molecule has 0 aromatic heterocycles. The topological polar surface area (TPSA) is 55.9 Å². The van der Waals surface area contributed by atoms with Gasteiger partial charge in [-0.1, -0.05) is 67.6 Å². The van der Waals surface area contributed by atoms with Gasteiger partial charge in [-0.05, 0) is 13.8 Å². The van der Waals surface area contributed by atoms with Crippen LogP contribution in [0.5, 0.6) is 0 Å². The maximum absolute atomic E-state index is 14.7. The monoisotopic (exact) mass is 370 g/mol. The number of epoxide rings is 1. The van der Waals surface area contributed by atoms with Crippen LogP contribution in [0.1, 0.15) is 20.8 Å². The molecule has 0 radical (unpaired) electrons. The van der Waals surface area contributed by atoms with Crippen molar-refractivity contribution in [1.82, 2.24) is 0 Å². The second-order valence-corrected chi connectivity index (χ2v) is 10.4. The molecule has 2 fully saturated rings. The van der Waals surface area contributed by atoms with E-state index in [1.54, 1.807) is 0 Å². The lowest BCUT2D eigenvalue weighted by atomic mass is 9.95. The fourth-order valence-electron chi connectivity index (χ4n) is 4.10. The molecule has 2 heterocycles. The average Bonchev–Trinajstić information content (AvgIpc) is 3.17. The smallest absolute Gasteiger partial charge is 0.309 e. The molecule has 0 unspecified atom stereocenters. The first-order chi connectivity index (χ1) is 12.4. The van der Waals surface area contributed by atoms with Crippen LogP contribution < -0.4 is 10.6 Å². The molecular weight excluding hydrogens is 347 g/mol. The second kappa shape index (κ2) is 6.07. The fourth-order valence-corrected chi connectivity index (χ4v) is 7.81. The Morgan fingerprint density at radius 2 is 1.38 bits per heavy atom. The molecule has 2 aliphatic rings. The molecule has 0 saturated carbocycles. The molecule has 2 aliphatic heterocycles. The molecule has 26 heavy (non-hydrogen) atoms. The highest BCUT2D eigenvalue weighted by Gasteiger charge is 2.67. The van der Waals surface area contributed by atoms with Crippen LogP contribution in [-0.2, 0) is 18.8 Å². The maximum Gasteiger partial charge on any atom is 0.309 e. The number of hydrogen-bond donors (Lipinski definition) is 0. The van der Waals surface area contributed by atoms with E-state index in [2.05, 4.69) is 0 Å². The Morgan fingerprint density at radius 3 is 1.81 bits per heavy atom. The van der Waals surface area contributed by atoms with Crippen molar-refractivity contribution in [3.63, 3.8) is 0 Å². The van der Waals surface area contributed by atoms with Gasteiger partial charge >= 0.3 is 5.97 Å². The van der Waals surface area contributed by atoms with E-state index in [4.69, 9.17) is 9.47 Å². The number of esters is 1. The minimum Gasteiger partial charge on any atom is -0.458 e. The van der Waals surface area contributed by atoms with E-state index in [1.165, 1.54) is 0 Å². The molecule has 0 N–H and O–H groups in total. The van der Waals surface area contributed by atoms with Crippen LogP contribution in [0.3, 0.4) is 0 Å². The summed E-state index contributed by atoms with van der Waals surface area (Å²) in [5.41, 5.74) is -1.03. The van der Waals surface area contributed by atoms with Crippen LogP contribution in [-0.4, -0.2) is 29.4 Å². The second-order valence-electron chi connectivity index (χ2n) is 7.41. The first-order valence-electron chi connectivity index (χ1n) is 8.98. The van der Waals surface area contributed by atoms with E-state index in [1.807, 2.05) is 81.4 Å². The molecule has 2 aromatic rings. The van der Waals surface area contributed by atoms with Gasteiger partial charge < -0.3 is 14.0 Å². The molecule has 5 heteroatoms. The number of cyclic esters (lactones) is 1. The highest BCUT2D eigenvalue weighted by Crippen LogP contribution is 2.60. The normalized spacial score (nSPS) is 33.7. The summed E-state index contributed by atoms with van der Waals surface area (Å²) in [6.07, 6.45) is -0.542. The average molecular weight is 370 g/mol. The molecule has 2 aromatic carbocycles. The van der Waals surface area contributed by atoms with Gasteiger partial charge in [0.1, 0.15) is 11.7 Å². The van der Waals surface area contributed by atoms with E-state index in [9.17, 15) is 9.36 Å². The lowest BCUT2D eigenvalue weighted by Gasteiger charge is -2.32. The summed E-state index contributed by atoms with van der Waals surface area (Å²) in [6, 6.07) is 18.9. The Hall–Kier alpha value is -1.90. The summed E-state index contributed by atoms with van der Waals surface area (Å²) in [6.45, 7) is 5.73. The molecule has 136 valence electrons. The first-order valence-corrected chi connectivity index (χ1v) is 10.8. The first kappa shape index (κ1) is 17.5. The lowest BCUT2D eigenvalue weighted by Crippen LogP contribution is -2.42. The van der Waals surface area contributed by atoms with E-state index in [0.29, 0.717) is 0 Å². The van der Waals surface area contributed by atoms with Gasteiger partial charge in [-0.3, -0.25) is 4.79 Å². The van der Waals surface area contributed by atoms with Crippen molar-refractivity contribution in [2.75, 3.05) is 0 Å². The SMILES string of the molecule is C[C@H]1C(=O)O[C@H]([C@@]2(C)O[C@@H]2C)[C@@H]1P(=O)(c1ccccc1)c1ccccc1. The van der Waals surface area contributed by atoms with Crippen molar-refractivity contribution in [2.24, 2.45) is 5.92 Å². The van der Waals surface area contributed by atoms with Crippen molar-refractivity contribution in [3.05, 3.63) is 60.7 Å². The molecule has 0 bridgehead atoms. The third-order valence-electron chi connectivity index (χ3n) is 5.88. The van der Waals surface area contributed by atoms with Gasteiger partial charge in [-0.15, -0.1) is 0 Å². The summed E-state index contributed by atoms with van der Waals surface area (Å²) in [7, 11) is -3.13. The molecular formula is C21H23O4P. The maximum atomic E-state index is 14.7.